The molecule has 2 N–H and O–H groups in total. The van der Waals surface area contributed by atoms with Crippen molar-refractivity contribution in [2.45, 2.75) is 69.6 Å². The van der Waals surface area contributed by atoms with Crippen LogP contribution in [0.3, 0.4) is 0 Å². The van der Waals surface area contributed by atoms with Crippen LogP contribution in [0.25, 0.3) is 10.9 Å². The number of halogens is 5. The quantitative estimate of drug-likeness (QED) is 0.0947. The summed E-state index contributed by atoms with van der Waals surface area (Å²) in [7, 11) is -3.31. The van der Waals surface area contributed by atoms with Gasteiger partial charge in [-0.15, -0.1) is 0 Å². The lowest BCUT2D eigenvalue weighted by atomic mass is 9.83. The van der Waals surface area contributed by atoms with E-state index in [9.17, 15) is 4.39 Å². The number of hydrogen-bond acceptors (Lipinski definition) is 5. The maximum absolute atomic E-state index is 16.8. The van der Waals surface area contributed by atoms with Gasteiger partial charge in [0.25, 0.3) is 14.2 Å². The Bertz CT molecular complexity index is 1990. The van der Waals surface area contributed by atoms with Crippen LogP contribution in [0.4, 0.5) is 27.6 Å². The summed E-state index contributed by atoms with van der Waals surface area (Å²) in [5, 5.41) is 12.4. The van der Waals surface area contributed by atoms with E-state index in [1.54, 1.807) is 18.3 Å². The van der Waals surface area contributed by atoms with Gasteiger partial charge in [-0.1, -0.05) is 87.5 Å². The highest BCUT2D eigenvalue weighted by Crippen LogP contribution is 2.44. The maximum Gasteiger partial charge on any atom is 0.282 e. The van der Waals surface area contributed by atoms with Gasteiger partial charge < -0.3 is 9.74 Å². The van der Waals surface area contributed by atoms with E-state index in [0.717, 1.165) is 26.8 Å². The second-order valence-corrected chi connectivity index (χ2v) is 20.2. The number of aromatic amines is 1. The van der Waals surface area contributed by atoms with Crippen molar-refractivity contribution < 1.29 is 26.4 Å². The van der Waals surface area contributed by atoms with Gasteiger partial charge in [0.2, 0.25) is 0 Å². The molecule has 0 saturated carbocycles. The fourth-order valence-electron chi connectivity index (χ4n) is 8.57. The zero-order valence-corrected chi connectivity index (χ0v) is 32.2. The lowest BCUT2D eigenvalue weighted by molar-refractivity contribution is -0.0822. The van der Waals surface area contributed by atoms with Gasteiger partial charge in [-0.25, -0.2) is 17.6 Å². The molecule has 5 aromatic rings. The minimum absolute atomic E-state index is 0.0372. The van der Waals surface area contributed by atoms with Crippen LogP contribution < -0.4 is 15.7 Å². The van der Waals surface area contributed by atoms with E-state index in [0.29, 0.717) is 38.0 Å². The number of benzene rings is 4. The molecule has 1 fully saturated rings. The SMILES string of the molecule is C[C@@H]1Cc2c(ccc3[nH]ncc23)[C@@H](c2c(F)cc(NC3CN(CCCF)C3)cc2F)N1CC(F)(F)CO[Si](c1ccccc1)(c1ccccc1)C(C)(C)C. The molecule has 0 radical (unpaired) electrons. The molecule has 54 heavy (non-hydrogen) atoms. The van der Waals surface area contributed by atoms with Gasteiger partial charge in [0.15, 0.2) is 0 Å². The highest BCUT2D eigenvalue weighted by Gasteiger charge is 2.52. The van der Waals surface area contributed by atoms with Crippen LogP contribution in [0, 0.1) is 11.6 Å². The number of rotatable bonds is 13. The Balaban J connectivity index is 1.22. The summed E-state index contributed by atoms with van der Waals surface area (Å²) in [5.74, 6) is -5.04. The number of fused-ring (bicyclic) bond motifs is 3. The molecular weight excluding hydrogens is 714 g/mol. The van der Waals surface area contributed by atoms with Gasteiger partial charge >= 0.3 is 0 Å². The summed E-state index contributed by atoms with van der Waals surface area (Å²) < 4.78 is 85.7. The molecule has 286 valence electrons. The topological polar surface area (TPSA) is 56.4 Å². The van der Waals surface area contributed by atoms with Crippen LogP contribution in [-0.4, -0.2) is 85.8 Å². The summed E-state index contributed by atoms with van der Waals surface area (Å²) in [6.45, 7) is 7.78. The smallest absolute Gasteiger partial charge is 0.282 e. The number of nitrogens with one attached hydrogen (secondary N) is 2. The van der Waals surface area contributed by atoms with Gasteiger partial charge in [0.05, 0.1) is 43.6 Å². The van der Waals surface area contributed by atoms with Gasteiger partial charge in [0.1, 0.15) is 11.6 Å². The Morgan fingerprint density at radius 2 is 1.56 bits per heavy atom. The van der Waals surface area contributed by atoms with Gasteiger partial charge in [0, 0.05) is 42.3 Å². The third-order valence-electron chi connectivity index (χ3n) is 11.1. The molecule has 2 aliphatic heterocycles. The first-order valence-electron chi connectivity index (χ1n) is 18.7. The summed E-state index contributed by atoms with van der Waals surface area (Å²) in [5.41, 5.74) is 2.14. The highest BCUT2D eigenvalue weighted by molar-refractivity contribution is 6.99. The number of likely N-dealkylation sites (tertiary alicyclic amines) is 1. The van der Waals surface area contributed by atoms with E-state index in [4.69, 9.17) is 4.43 Å². The molecule has 0 aliphatic carbocycles. The Kier molecular flexibility index (Phi) is 10.7. The first-order valence-corrected chi connectivity index (χ1v) is 20.6. The maximum atomic E-state index is 16.8. The van der Waals surface area contributed by atoms with Crippen molar-refractivity contribution in [2.75, 3.05) is 44.8 Å². The van der Waals surface area contributed by atoms with E-state index < -0.39 is 62.8 Å². The van der Waals surface area contributed by atoms with Crippen LogP contribution in [0.1, 0.15) is 56.8 Å². The molecule has 3 heterocycles. The number of alkyl halides is 3. The van der Waals surface area contributed by atoms with E-state index in [2.05, 4.69) is 20.4 Å². The Hall–Kier alpha value is -4.10. The molecule has 6 nitrogen and oxygen atoms in total. The lowest BCUT2D eigenvalue weighted by Crippen LogP contribution is -2.67. The monoisotopic (exact) mass is 761 g/mol. The van der Waals surface area contributed by atoms with Crippen LogP contribution in [0.5, 0.6) is 0 Å². The van der Waals surface area contributed by atoms with Crippen molar-refractivity contribution in [3.63, 3.8) is 0 Å². The van der Waals surface area contributed by atoms with E-state index in [-0.39, 0.29) is 17.3 Å². The van der Waals surface area contributed by atoms with E-state index in [1.807, 2.05) is 88.4 Å². The summed E-state index contributed by atoms with van der Waals surface area (Å²) in [6, 6.07) is 23.6. The molecular formula is C42H48F5N5OSi. The van der Waals surface area contributed by atoms with Crippen molar-refractivity contribution in [3.05, 3.63) is 119 Å². The standard InChI is InChI=1S/C42H48F5N5OSi/c1-28-20-34-33(16-17-38-35(34)23-48-50-38)40(39-36(44)21-29(22-37(39)45)49-30-24-51(25-30)19-11-18-43)52(28)26-42(46,47)27-53-54(41(2,3)4,31-12-7-5-8-13-31)32-14-9-6-10-15-32/h5-10,12-17,21-23,28,30,40,49H,11,18-20,24-27H2,1-4H3,(H,48,50)/t28-,40+/m1/s1. The van der Waals surface area contributed by atoms with Crippen molar-refractivity contribution >= 4 is 35.3 Å². The van der Waals surface area contributed by atoms with E-state index in [1.165, 1.54) is 17.0 Å². The second-order valence-electron chi connectivity index (χ2n) is 15.9. The van der Waals surface area contributed by atoms with Crippen LogP contribution in [-0.2, 0) is 10.8 Å². The van der Waals surface area contributed by atoms with Crippen LogP contribution in [0.2, 0.25) is 5.04 Å². The summed E-state index contributed by atoms with van der Waals surface area (Å²) in [4.78, 5) is 3.61. The molecule has 7 rings (SSSR count). The Morgan fingerprint density at radius 1 is 0.926 bits per heavy atom. The molecule has 4 aromatic carbocycles. The molecule has 2 aliphatic rings. The molecule has 1 saturated heterocycles. The Morgan fingerprint density at radius 3 is 2.15 bits per heavy atom. The van der Waals surface area contributed by atoms with E-state index >= 15 is 17.6 Å². The molecule has 12 heteroatoms. The fourth-order valence-corrected chi connectivity index (χ4v) is 13.2. The number of H-pyrrole nitrogens is 1. The van der Waals surface area contributed by atoms with Crippen molar-refractivity contribution in [1.29, 1.82) is 0 Å². The molecule has 0 unspecified atom stereocenters. The van der Waals surface area contributed by atoms with Crippen molar-refractivity contribution in [1.82, 2.24) is 20.0 Å². The second kappa shape index (κ2) is 15.2. The van der Waals surface area contributed by atoms with Gasteiger partial charge in [-0.2, -0.15) is 5.10 Å². The number of anilines is 1. The molecule has 0 amide bonds. The normalized spacial score (nSPS) is 18.8. The minimum Gasteiger partial charge on any atom is -0.401 e. The van der Waals surface area contributed by atoms with Gasteiger partial charge in [-0.05, 0) is 64.5 Å². The molecule has 0 spiro atoms. The predicted octanol–water partition coefficient (Wildman–Crippen LogP) is 7.84. The highest BCUT2D eigenvalue weighted by atomic mass is 28.4. The van der Waals surface area contributed by atoms with Crippen LogP contribution in [0.15, 0.2) is 91.1 Å². The van der Waals surface area contributed by atoms with Crippen LogP contribution >= 0.6 is 0 Å². The first kappa shape index (κ1) is 38.2. The number of aromatic nitrogens is 2. The predicted molar refractivity (Wildman–Crippen MR) is 207 cm³/mol. The average Bonchev–Trinajstić information content (AvgIpc) is 3.60. The summed E-state index contributed by atoms with van der Waals surface area (Å²) in [6.07, 6.45) is 2.51. The fraction of sp³-hybridized carbons (Fsp3) is 0.405. The molecule has 2 atom stereocenters. The summed E-state index contributed by atoms with van der Waals surface area (Å²) >= 11 is 0. The van der Waals surface area contributed by atoms with Crippen molar-refractivity contribution in [3.8, 4) is 0 Å². The Labute approximate surface area is 314 Å². The third kappa shape index (κ3) is 7.33. The number of nitrogens with zero attached hydrogens (tertiary/aromatic N) is 3. The molecule has 0 bridgehead atoms. The minimum atomic E-state index is -3.40. The average molecular weight is 762 g/mol. The molecule has 1 aromatic heterocycles. The van der Waals surface area contributed by atoms with Gasteiger partial charge in [-0.3, -0.25) is 19.3 Å². The lowest BCUT2D eigenvalue weighted by Gasteiger charge is -2.46. The zero-order chi connectivity index (χ0) is 38.3. The van der Waals surface area contributed by atoms with Crippen molar-refractivity contribution in [2.24, 2.45) is 0 Å². The number of hydrogen-bond donors (Lipinski definition) is 2. The largest absolute Gasteiger partial charge is 0.401 e. The third-order valence-corrected chi connectivity index (χ3v) is 16.1. The first-order chi connectivity index (χ1) is 25.8. The zero-order valence-electron chi connectivity index (χ0n) is 31.2.